The largest absolute Gasteiger partial charge is 0.479 e. The molecule has 1 aliphatic carbocycles. The van der Waals surface area contributed by atoms with Crippen molar-refractivity contribution in [1.29, 1.82) is 0 Å². The van der Waals surface area contributed by atoms with Crippen molar-refractivity contribution >= 4 is 29.6 Å². The number of carbonyl (C=O) groups is 3. The van der Waals surface area contributed by atoms with E-state index >= 15 is 0 Å². The average Bonchev–Trinajstić information content (AvgIpc) is 3.69. The molecular formula is C27H32N2O5S. The lowest BCUT2D eigenvalue weighted by molar-refractivity contribution is -0.156. The highest BCUT2D eigenvalue weighted by Crippen LogP contribution is 2.48. The van der Waals surface area contributed by atoms with Crippen LogP contribution in [0.25, 0.3) is 0 Å². The van der Waals surface area contributed by atoms with Gasteiger partial charge in [0, 0.05) is 11.5 Å². The predicted octanol–water partition coefficient (Wildman–Crippen LogP) is 3.44. The summed E-state index contributed by atoms with van der Waals surface area (Å²) >= 11 is 1.60. The molecule has 186 valence electrons. The fourth-order valence-electron chi connectivity index (χ4n) is 4.70. The number of carbonyl (C=O) groups excluding carboxylic acids is 2. The van der Waals surface area contributed by atoms with E-state index < -0.39 is 29.6 Å². The summed E-state index contributed by atoms with van der Waals surface area (Å²) in [6, 6.07) is 17.8. The van der Waals surface area contributed by atoms with E-state index in [2.05, 4.69) is 5.32 Å². The summed E-state index contributed by atoms with van der Waals surface area (Å²) in [6.07, 6.45) is 2.00. The van der Waals surface area contributed by atoms with Crippen molar-refractivity contribution in [2.45, 2.75) is 56.3 Å². The minimum atomic E-state index is -1.19. The number of carboxylic acid groups (broad SMARTS) is 1. The van der Waals surface area contributed by atoms with Crippen molar-refractivity contribution in [1.82, 2.24) is 10.2 Å². The Kier molecular flexibility index (Phi) is 8.13. The zero-order valence-corrected chi connectivity index (χ0v) is 20.7. The molecule has 35 heavy (non-hydrogen) atoms. The highest BCUT2D eigenvalue weighted by Gasteiger charge is 2.60. The molecule has 3 unspecified atom stereocenters. The Balaban J connectivity index is 1.58. The van der Waals surface area contributed by atoms with E-state index in [1.807, 2.05) is 60.7 Å². The molecule has 0 radical (unpaired) electrons. The van der Waals surface area contributed by atoms with Gasteiger partial charge < -0.3 is 14.7 Å². The van der Waals surface area contributed by atoms with Gasteiger partial charge in [-0.25, -0.2) is 4.79 Å². The topological polar surface area (TPSA) is 95.9 Å². The Hall–Kier alpha value is -2.84. The molecule has 1 saturated heterocycles. The summed E-state index contributed by atoms with van der Waals surface area (Å²) in [5, 5.41) is 13.3. The number of amides is 1. The van der Waals surface area contributed by atoms with Crippen LogP contribution in [0.5, 0.6) is 0 Å². The van der Waals surface area contributed by atoms with Gasteiger partial charge in [-0.15, -0.1) is 0 Å². The highest BCUT2D eigenvalue weighted by molar-refractivity contribution is 7.99. The highest BCUT2D eigenvalue weighted by atomic mass is 32.2. The third kappa shape index (κ3) is 5.70. The third-order valence-electron chi connectivity index (χ3n) is 6.71. The maximum absolute atomic E-state index is 13.9. The number of ether oxygens (including phenoxy) is 1. The number of thioether (sulfide) groups is 1. The number of esters is 1. The summed E-state index contributed by atoms with van der Waals surface area (Å²) in [5.41, 5.74) is 0.831. The smallest absolute Gasteiger partial charge is 0.329 e. The molecule has 7 nitrogen and oxygen atoms in total. The van der Waals surface area contributed by atoms with Crippen LogP contribution in [0.1, 0.15) is 43.4 Å². The summed E-state index contributed by atoms with van der Waals surface area (Å²) < 4.78 is 5.31. The fraction of sp³-hybridized carbons (Fsp3) is 0.444. The minimum absolute atomic E-state index is 0.250. The number of carboxylic acids is 1. The van der Waals surface area contributed by atoms with Crippen molar-refractivity contribution in [3.8, 4) is 0 Å². The molecule has 1 amide bonds. The van der Waals surface area contributed by atoms with Gasteiger partial charge in [0.1, 0.15) is 11.6 Å². The van der Waals surface area contributed by atoms with E-state index in [1.54, 1.807) is 23.6 Å². The first-order valence-corrected chi connectivity index (χ1v) is 13.3. The van der Waals surface area contributed by atoms with Crippen molar-refractivity contribution in [2.24, 2.45) is 0 Å². The number of nitrogens with zero attached hydrogens (tertiary/aromatic N) is 1. The molecule has 2 fully saturated rings. The second kappa shape index (κ2) is 11.3. The summed E-state index contributed by atoms with van der Waals surface area (Å²) in [6.45, 7) is 2.01. The molecule has 1 aliphatic heterocycles. The monoisotopic (exact) mass is 496 g/mol. The first-order chi connectivity index (χ1) is 17.0. The molecule has 3 atom stereocenters. The number of rotatable bonds is 10. The summed E-state index contributed by atoms with van der Waals surface area (Å²) in [4.78, 5) is 40.6. The van der Waals surface area contributed by atoms with Crippen LogP contribution in [0.3, 0.4) is 0 Å². The molecule has 2 aliphatic rings. The Morgan fingerprint density at radius 2 is 1.77 bits per heavy atom. The van der Waals surface area contributed by atoms with Crippen molar-refractivity contribution in [3.63, 3.8) is 0 Å². The fourth-order valence-corrected chi connectivity index (χ4v) is 5.88. The number of aliphatic carboxylic acids is 1. The van der Waals surface area contributed by atoms with Gasteiger partial charge in [-0.2, -0.15) is 11.8 Å². The van der Waals surface area contributed by atoms with Crippen LogP contribution < -0.4 is 5.32 Å². The molecule has 4 rings (SSSR count). The van der Waals surface area contributed by atoms with Crippen LogP contribution >= 0.6 is 11.8 Å². The van der Waals surface area contributed by atoms with Crippen molar-refractivity contribution < 1.29 is 24.2 Å². The molecular weight excluding hydrogens is 464 g/mol. The van der Waals surface area contributed by atoms with E-state index in [-0.39, 0.29) is 18.6 Å². The van der Waals surface area contributed by atoms with Gasteiger partial charge in [-0.1, -0.05) is 60.7 Å². The standard InChI is InChI=1S/C27H32N2O5S/c1-2-34-25(31)21(14-13-19-9-5-3-6-10-19)28-22-17-35-18-23(20-11-7-4-8-12-20)29(24(22)30)27(15-16-27)26(32)33/h3-12,21-23,28H,2,13-18H2,1H3,(H,32,33). The van der Waals surface area contributed by atoms with Gasteiger partial charge >= 0.3 is 11.9 Å². The van der Waals surface area contributed by atoms with Crippen LogP contribution in [-0.4, -0.2) is 63.6 Å². The molecule has 2 aromatic rings. The van der Waals surface area contributed by atoms with Crippen molar-refractivity contribution in [3.05, 3.63) is 71.8 Å². The van der Waals surface area contributed by atoms with E-state index in [1.165, 1.54) is 0 Å². The van der Waals surface area contributed by atoms with Crippen LogP contribution in [-0.2, 0) is 25.5 Å². The Morgan fingerprint density at radius 3 is 2.37 bits per heavy atom. The maximum Gasteiger partial charge on any atom is 0.329 e. The van der Waals surface area contributed by atoms with Gasteiger partial charge in [0.25, 0.3) is 0 Å². The normalized spacial score (nSPS) is 22.2. The zero-order valence-electron chi connectivity index (χ0n) is 19.9. The van der Waals surface area contributed by atoms with Crippen LogP contribution in [0, 0.1) is 0 Å². The second-order valence-electron chi connectivity index (χ2n) is 9.06. The van der Waals surface area contributed by atoms with Gasteiger partial charge in [0.15, 0.2) is 0 Å². The Morgan fingerprint density at radius 1 is 1.11 bits per heavy atom. The molecule has 0 bridgehead atoms. The number of hydrogen-bond donors (Lipinski definition) is 2. The van der Waals surface area contributed by atoms with E-state index in [4.69, 9.17) is 4.74 Å². The molecule has 0 spiro atoms. The number of hydrogen-bond acceptors (Lipinski definition) is 6. The first-order valence-electron chi connectivity index (χ1n) is 12.1. The van der Waals surface area contributed by atoms with E-state index in [0.717, 1.165) is 11.1 Å². The lowest BCUT2D eigenvalue weighted by Gasteiger charge is -2.37. The molecule has 8 heteroatoms. The predicted molar refractivity (Wildman–Crippen MR) is 135 cm³/mol. The Bertz CT molecular complexity index is 1030. The van der Waals surface area contributed by atoms with Gasteiger partial charge in [0.05, 0.1) is 18.7 Å². The summed E-state index contributed by atoms with van der Waals surface area (Å²) in [5.74, 6) is -0.579. The SMILES string of the molecule is CCOC(=O)C(CCc1ccccc1)NC1CSCC(c2ccccc2)N(C2(C(=O)O)CC2)C1=O. The molecule has 1 heterocycles. The quantitative estimate of drug-likeness (QED) is 0.487. The van der Waals surface area contributed by atoms with Gasteiger partial charge in [-0.05, 0) is 43.7 Å². The zero-order chi connectivity index (χ0) is 24.8. The molecule has 2 N–H and O–H groups in total. The summed E-state index contributed by atoms with van der Waals surface area (Å²) in [7, 11) is 0. The Labute approximate surface area is 210 Å². The number of nitrogens with one attached hydrogen (secondary N) is 1. The lowest BCUT2D eigenvalue weighted by atomic mass is 10.0. The molecule has 2 aromatic carbocycles. The van der Waals surface area contributed by atoms with Crippen LogP contribution in [0.2, 0.25) is 0 Å². The number of aryl methyl sites for hydroxylation is 1. The lowest BCUT2D eigenvalue weighted by Crippen LogP contribution is -2.58. The van der Waals surface area contributed by atoms with E-state index in [9.17, 15) is 19.5 Å². The van der Waals surface area contributed by atoms with Crippen LogP contribution in [0.15, 0.2) is 60.7 Å². The third-order valence-corrected chi connectivity index (χ3v) is 7.83. The maximum atomic E-state index is 13.9. The molecule has 1 saturated carbocycles. The average molecular weight is 497 g/mol. The second-order valence-corrected chi connectivity index (χ2v) is 10.1. The van der Waals surface area contributed by atoms with Crippen LogP contribution in [0.4, 0.5) is 0 Å². The first kappa shape index (κ1) is 25.3. The van der Waals surface area contributed by atoms with E-state index in [0.29, 0.717) is 37.2 Å². The molecule has 0 aromatic heterocycles. The minimum Gasteiger partial charge on any atom is -0.479 e. The van der Waals surface area contributed by atoms with Gasteiger partial charge in [0.2, 0.25) is 5.91 Å². The van der Waals surface area contributed by atoms with Crippen molar-refractivity contribution in [2.75, 3.05) is 18.1 Å². The van der Waals surface area contributed by atoms with Gasteiger partial charge in [-0.3, -0.25) is 14.9 Å². The number of benzene rings is 2.